The third-order valence-electron chi connectivity index (χ3n) is 4.57. The number of nitrogens with zero attached hydrogens (tertiary/aromatic N) is 2. The van der Waals surface area contributed by atoms with Crippen LogP contribution in [-0.2, 0) is 13.1 Å². The molecule has 0 aromatic carbocycles. The molecule has 3 heterocycles. The third-order valence-corrected chi connectivity index (χ3v) is 5.75. The van der Waals surface area contributed by atoms with Crippen molar-refractivity contribution in [2.24, 2.45) is 0 Å². The van der Waals surface area contributed by atoms with Crippen LogP contribution in [0.1, 0.15) is 48.0 Å². The van der Waals surface area contributed by atoms with Crippen LogP contribution in [0.5, 0.6) is 0 Å². The van der Waals surface area contributed by atoms with Crippen LogP contribution in [0.2, 0.25) is 0 Å². The summed E-state index contributed by atoms with van der Waals surface area (Å²) < 4.78 is 0. The highest BCUT2D eigenvalue weighted by molar-refractivity contribution is 7.12. The zero-order valence-electron chi connectivity index (χ0n) is 14.0. The molecule has 2 N–H and O–H groups in total. The van der Waals surface area contributed by atoms with E-state index in [2.05, 4.69) is 58.8 Å². The first-order valence-electron chi connectivity index (χ1n) is 8.46. The van der Waals surface area contributed by atoms with Gasteiger partial charge in [-0.05, 0) is 49.6 Å². The Labute approximate surface area is 142 Å². The minimum absolute atomic E-state index is 0.478. The van der Waals surface area contributed by atoms with Gasteiger partial charge in [-0.25, -0.2) is 5.43 Å². The molecule has 1 aliphatic rings. The molecule has 23 heavy (non-hydrogen) atoms. The fourth-order valence-electron chi connectivity index (χ4n) is 2.91. The Balaban J connectivity index is 1.68. The van der Waals surface area contributed by atoms with E-state index in [4.69, 9.17) is 0 Å². The SMILES string of the molecule is CCC(C)N(Cc1ccncc1)Cc1ccc(C2CCNN2)s1. The standard InChI is InChI=1S/C18H26N4S/c1-3-14(2)22(12-15-6-9-19-10-7-15)13-16-4-5-18(23-16)17-8-11-20-21-17/h4-7,9-10,14,17,20-21H,3,8,11-13H2,1-2H3. The van der Waals surface area contributed by atoms with Crippen LogP contribution >= 0.6 is 11.3 Å². The molecule has 3 rings (SSSR count). The van der Waals surface area contributed by atoms with Crippen LogP contribution in [0.4, 0.5) is 0 Å². The van der Waals surface area contributed by atoms with E-state index in [1.54, 1.807) is 0 Å². The first-order valence-corrected chi connectivity index (χ1v) is 9.28. The summed E-state index contributed by atoms with van der Waals surface area (Å²) >= 11 is 1.94. The summed E-state index contributed by atoms with van der Waals surface area (Å²) in [5, 5.41) is 0. The van der Waals surface area contributed by atoms with Crippen LogP contribution in [0.3, 0.4) is 0 Å². The van der Waals surface area contributed by atoms with Gasteiger partial charge in [-0.15, -0.1) is 11.3 Å². The Morgan fingerprint density at radius 1 is 1.26 bits per heavy atom. The third kappa shape index (κ3) is 4.38. The zero-order valence-corrected chi connectivity index (χ0v) is 14.8. The topological polar surface area (TPSA) is 40.2 Å². The smallest absolute Gasteiger partial charge is 0.0568 e. The Kier molecular flexibility index (Phi) is 5.78. The van der Waals surface area contributed by atoms with Crippen molar-refractivity contribution in [2.45, 2.75) is 51.9 Å². The van der Waals surface area contributed by atoms with Gasteiger partial charge in [-0.3, -0.25) is 15.3 Å². The lowest BCUT2D eigenvalue weighted by Crippen LogP contribution is -2.31. The summed E-state index contributed by atoms with van der Waals surface area (Å²) in [4.78, 5) is 9.57. The number of thiophene rings is 1. The molecule has 2 atom stereocenters. The number of hydrogen-bond acceptors (Lipinski definition) is 5. The second kappa shape index (κ2) is 8.02. The van der Waals surface area contributed by atoms with Crippen molar-refractivity contribution < 1.29 is 0 Å². The van der Waals surface area contributed by atoms with E-state index in [0.29, 0.717) is 12.1 Å². The van der Waals surface area contributed by atoms with E-state index in [1.807, 2.05) is 23.7 Å². The van der Waals surface area contributed by atoms with E-state index in [-0.39, 0.29) is 0 Å². The van der Waals surface area contributed by atoms with Gasteiger partial charge in [0.2, 0.25) is 0 Å². The summed E-state index contributed by atoms with van der Waals surface area (Å²) in [7, 11) is 0. The van der Waals surface area contributed by atoms with E-state index in [0.717, 1.165) is 26.1 Å². The predicted octanol–water partition coefficient (Wildman–Crippen LogP) is 3.48. The summed E-state index contributed by atoms with van der Waals surface area (Å²) in [5.41, 5.74) is 7.91. The lowest BCUT2D eigenvalue weighted by molar-refractivity contribution is 0.188. The lowest BCUT2D eigenvalue weighted by atomic mass is 10.1. The van der Waals surface area contributed by atoms with Crippen molar-refractivity contribution in [3.63, 3.8) is 0 Å². The molecule has 0 saturated carbocycles. The predicted molar refractivity (Wildman–Crippen MR) is 96.1 cm³/mol. The molecule has 1 fully saturated rings. The molecule has 2 aromatic rings. The van der Waals surface area contributed by atoms with Gasteiger partial charge in [0.1, 0.15) is 0 Å². The van der Waals surface area contributed by atoms with E-state index >= 15 is 0 Å². The van der Waals surface area contributed by atoms with Gasteiger partial charge in [0, 0.05) is 47.8 Å². The summed E-state index contributed by atoms with van der Waals surface area (Å²) in [6, 6.07) is 9.85. The Morgan fingerprint density at radius 3 is 2.78 bits per heavy atom. The number of aromatic nitrogens is 1. The quantitative estimate of drug-likeness (QED) is 0.815. The van der Waals surface area contributed by atoms with Crippen LogP contribution in [0.25, 0.3) is 0 Å². The highest BCUT2D eigenvalue weighted by Crippen LogP contribution is 2.28. The molecule has 1 saturated heterocycles. The van der Waals surface area contributed by atoms with Gasteiger partial charge >= 0.3 is 0 Å². The fraction of sp³-hybridized carbons (Fsp3) is 0.500. The van der Waals surface area contributed by atoms with Crippen LogP contribution in [0.15, 0.2) is 36.7 Å². The molecule has 0 radical (unpaired) electrons. The summed E-state index contributed by atoms with van der Waals surface area (Å²) in [6.45, 7) is 7.63. The summed E-state index contributed by atoms with van der Waals surface area (Å²) in [5.74, 6) is 0. The monoisotopic (exact) mass is 330 g/mol. The molecule has 2 unspecified atom stereocenters. The van der Waals surface area contributed by atoms with E-state index in [1.165, 1.54) is 21.7 Å². The van der Waals surface area contributed by atoms with Gasteiger partial charge in [-0.1, -0.05) is 6.92 Å². The molecule has 0 bridgehead atoms. The maximum Gasteiger partial charge on any atom is 0.0568 e. The molecular formula is C18H26N4S. The van der Waals surface area contributed by atoms with Crippen LogP contribution in [0, 0.1) is 0 Å². The van der Waals surface area contributed by atoms with Crippen molar-refractivity contribution in [1.29, 1.82) is 0 Å². The molecule has 4 nitrogen and oxygen atoms in total. The normalized spacial score (nSPS) is 19.3. The minimum Gasteiger partial charge on any atom is -0.291 e. The molecule has 0 spiro atoms. The number of rotatable bonds is 7. The Hall–Kier alpha value is -1.27. The Morgan fingerprint density at radius 2 is 2.09 bits per heavy atom. The summed E-state index contributed by atoms with van der Waals surface area (Å²) in [6.07, 6.45) is 6.10. The Bertz CT molecular complexity index is 592. The zero-order chi connectivity index (χ0) is 16.1. The maximum atomic E-state index is 4.12. The van der Waals surface area contributed by atoms with Gasteiger partial charge < -0.3 is 0 Å². The fourth-order valence-corrected chi connectivity index (χ4v) is 4.04. The van der Waals surface area contributed by atoms with Gasteiger partial charge in [-0.2, -0.15) is 0 Å². The molecule has 1 aliphatic heterocycles. The number of hydrazine groups is 1. The molecule has 2 aromatic heterocycles. The average Bonchev–Trinajstić information content (AvgIpc) is 3.25. The first-order chi connectivity index (χ1) is 11.3. The second-order valence-electron chi connectivity index (χ2n) is 6.23. The molecule has 5 heteroatoms. The number of nitrogens with one attached hydrogen (secondary N) is 2. The van der Waals surface area contributed by atoms with Crippen molar-refractivity contribution in [3.05, 3.63) is 52.0 Å². The van der Waals surface area contributed by atoms with Crippen molar-refractivity contribution in [1.82, 2.24) is 20.7 Å². The maximum absolute atomic E-state index is 4.12. The highest BCUT2D eigenvalue weighted by Gasteiger charge is 2.19. The van der Waals surface area contributed by atoms with Gasteiger partial charge in [0.25, 0.3) is 0 Å². The largest absolute Gasteiger partial charge is 0.291 e. The molecule has 0 aliphatic carbocycles. The lowest BCUT2D eigenvalue weighted by Gasteiger charge is -2.28. The van der Waals surface area contributed by atoms with Crippen molar-refractivity contribution >= 4 is 11.3 Å². The molecule has 0 amide bonds. The van der Waals surface area contributed by atoms with E-state index < -0.39 is 0 Å². The van der Waals surface area contributed by atoms with Gasteiger partial charge in [0.05, 0.1) is 6.04 Å². The van der Waals surface area contributed by atoms with E-state index in [9.17, 15) is 0 Å². The van der Waals surface area contributed by atoms with Crippen molar-refractivity contribution in [3.8, 4) is 0 Å². The van der Waals surface area contributed by atoms with Crippen LogP contribution < -0.4 is 10.9 Å². The second-order valence-corrected chi connectivity index (χ2v) is 7.43. The van der Waals surface area contributed by atoms with Gasteiger partial charge in [0.15, 0.2) is 0 Å². The first kappa shape index (κ1) is 16.6. The number of hydrogen-bond donors (Lipinski definition) is 2. The number of pyridine rings is 1. The minimum atomic E-state index is 0.478. The highest BCUT2D eigenvalue weighted by atomic mass is 32.1. The van der Waals surface area contributed by atoms with Crippen molar-refractivity contribution in [2.75, 3.05) is 6.54 Å². The molecule has 124 valence electrons. The molecular weight excluding hydrogens is 304 g/mol. The average molecular weight is 331 g/mol. The van der Waals surface area contributed by atoms with Crippen LogP contribution in [-0.4, -0.2) is 22.5 Å².